The lowest BCUT2D eigenvalue weighted by Gasteiger charge is -2.06. The molecule has 88 valence electrons. The Hall–Kier alpha value is -2.08. The van der Waals surface area contributed by atoms with Crippen molar-refractivity contribution in [3.05, 3.63) is 40.8 Å². The lowest BCUT2D eigenvalue weighted by molar-refractivity contribution is 0.259. The average molecular weight is 248 g/mol. The molecule has 17 heavy (non-hydrogen) atoms. The molecule has 0 aliphatic rings. The highest BCUT2D eigenvalue weighted by Gasteiger charge is 1.98. The molecule has 0 saturated carbocycles. The van der Waals surface area contributed by atoms with E-state index in [4.69, 9.17) is 5.73 Å². The maximum absolute atomic E-state index is 10.6. The van der Waals surface area contributed by atoms with Gasteiger partial charge < -0.3 is 16.4 Å². The number of amides is 2. The fourth-order valence-electron chi connectivity index (χ4n) is 1.33. The van der Waals surface area contributed by atoms with Gasteiger partial charge in [0.15, 0.2) is 0 Å². The Balaban J connectivity index is 1.91. The molecular weight excluding hydrogens is 236 g/mol. The van der Waals surface area contributed by atoms with Crippen molar-refractivity contribution in [1.82, 2.24) is 4.98 Å². The second-order valence-corrected chi connectivity index (χ2v) is 4.12. The van der Waals surface area contributed by atoms with Crippen molar-refractivity contribution < 1.29 is 4.79 Å². The van der Waals surface area contributed by atoms with Crippen LogP contribution in [0.25, 0.3) is 0 Å². The molecule has 2 rings (SSSR count). The Labute approximate surface area is 103 Å². The summed E-state index contributed by atoms with van der Waals surface area (Å²) in [6.45, 7) is 0.687. The lowest BCUT2D eigenvalue weighted by Crippen LogP contribution is -2.19. The van der Waals surface area contributed by atoms with Gasteiger partial charge in [0.1, 0.15) is 0 Å². The Morgan fingerprint density at radius 2 is 2.00 bits per heavy atom. The van der Waals surface area contributed by atoms with Gasteiger partial charge >= 0.3 is 6.03 Å². The average Bonchev–Trinajstić information content (AvgIpc) is 2.80. The summed E-state index contributed by atoms with van der Waals surface area (Å²) in [5.41, 5.74) is 9.47. The third kappa shape index (κ3) is 3.46. The Morgan fingerprint density at radius 1 is 1.29 bits per heavy atom. The molecule has 0 atom stereocenters. The van der Waals surface area contributed by atoms with E-state index < -0.39 is 6.03 Å². The fourth-order valence-corrected chi connectivity index (χ4v) is 1.89. The minimum atomic E-state index is -0.562. The standard InChI is InChI=1S/C11H12N4OS/c12-11(16)15-9-3-1-8(2-4-9)13-5-10-6-17-7-14-10/h1-4,6-7,13H,5H2,(H3,12,15,16). The van der Waals surface area contributed by atoms with Crippen LogP contribution in [0.15, 0.2) is 35.2 Å². The Morgan fingerprint density at radius 3 is 2.59 bits per heavy atom. The molecule has 0 bridgehead atoms. The van der Waals surface area contributed by atoms with E-state index in [2.05, 4.69) is 15.6 Å². The SMILES string of the molecule is NC(=O)Nc1ccc(NCc2cscn2)cc1. The number of urea groups is 1. The second kappa shape index (κ2) is 5.31. The third-order valence-electron chi connectivity index (χ3n) is 2.11. The van der Waals surface area contributed by atoms with Crippen LogP contribution in [0, 0.1) is 0 Å². The van der Waals surface area contributed by atoms with E-state index in [0.717, 1.165) is 11.4 Å². The summed E-state index contributed by atoms with van der Waals surface area (Å²) in [6.07, 6.45) is 0. The van der Waals surface area contributed by atoms with E-state index in [0.29, 0.717) is 12.2 Å². The minimum Gasteiger partial charge on any atom is -0.379 e. The van der Waals surface area contributed by atoms with Crippen LogP contribution in [-0.2, 0) is 6.54 Å². The summed E-state index contributed by atoms with van der Waals surface area (Å²) in [7, 11) is 0. The van der Waals surface area contributed by atoms with Crippen LogP contribution in [0.2, 0.25) is 0 Å². The fraction of sp³-hybridized carbons (Fsp3) is 0.0909. The molecule has 5 nitrogen and oxygen atoms in total. The molecule has 0 spiro atoms. The topological polar surface area (TPSA) is 80.0 Å². The zero-order chi connectivity index (χ0) is 12.1. The van der Waals surface area contributed by atoms with Gasteiger partial charge in [-0.1, -0.05) is 0 Å². The molecule has 0 saturated heterocycles. The van der Waals surface area contributed by atoms with Crippen LogP contribution in [-0.4, -0.2) is 11.0 Å². The van der Waals surface area contributed by atoms with Crippen LogP contribution < -0.4 is 16.4 Å². The Bertz CT molecular complexity index is 481. The number of aromatic nitrogens is 1. The highest BCUT2D eigenvalue weighted by Crippen LogP contribution is 2.14. The summed E-state index contributed by atoms with van der Waals surface area (Å²) >= 11 is 1.57. The number of nitrogens with one attached hydrogen (secondary N) is 2. The molecule has 1 aromatic carbocycles. The maximum Gasteiger partial charge on any atom is 0.316 e. The second-order valence-electron chi connectivity index (χ2n) is 3.40. The van der Waals surface area contributed by atoms with Crippen LogP contribution in [0.3, 0.4) is 0 Å². The number of hydrogen-bond acceptors (Lipinski definition) is 4. The van der Waals surface area contributed by atoms with Gasteiger partial charge in [-0.05, 0) is 24.3 Å². The highest BCUT2D eigenvalue weighted by molar-refractivity contribution is 7.07. The smallest absolute Gasteiger partial charge is 0.316 e. The number of benzene rings is 1. The van der Waals surface area contributed by atoms with Crippen LogP contribution in [0.1, 0.15) is 5.69 Å². The number of nitrogens with two attached hydrogens (primary N) is 1. The van der Waals surface area contributed by atoms with Crippen LogP contribution in [0.5, 0.6) is 0 Å². The van der Waals surface area contributed by atoms with E-state index in [1.807, 2.05) is 17.5 Å². The highest BCUT2D eigenvalue weighted by atomic mass is 32.1. The normalized spacial score (nSPS) is 9.88. The van der Waals surface area contributed by atoms with Gasteiger partial charge in [-0.3, -0.25) is 0 Å². The van der Waals surface area contributed by atoms with Crippen molar-refractivity contribution in [2.24, 2.45) is 5.73 Å². The molecule has 1 heterocycles. The summed E-state index contributed by atoms with van der Waals surface area (Å²) in [6, 6.07) is 6.76. The van der Waals surface area contributed by atoms with E-state index in [1.165, 1.54) is 0 Å². The molecule has 2 amide bonds. The van der Waals surface area contributed by atoms with E-state index in [1.54, 1.807) is 29.0 Å². The molecular formula is C11H12N4OS. The molecule has 0 unspecified atom stereocenters. The van der Waals surface area contributed by atoms with Crippen molar-refractivity contribution in [2.45, 2.75) is 6.54 Å². The zero-order valence-corrected chi connectivity index (χ0v) is 9.83. The first-order chi connectivity index (χ1) is 8.24. The number of rotatable bonds is 4. The number of thiazole rings is 1. The first kappa shape index (κ1) is 11.4. The van der Waals surface area contributed by atoms with Crippen molar-refractivity contribution in [3.63, 3.8) is 0 Å². The molecule has 2 aromatic rings. The van der Waals surface area contributed by atoms with Gasteiger partial charge in [0.05, 0.1) is 17.7 Å². The predicted molar refractivity (Wildman–Crippen MR) is 69.1 cm³/mol. The number of primary amides is 1. The number of hydrogen-bond donors (Lipinski definition) is 3. The van der Waals surface area contributed by atoms with E-state index >= 15 is 0 Å². The van der Waals surface area contributed by atoms with E-state index in [-0.39, 0.29) is 0 Å². The summed E-state index contributed by atoms with van der Waals surface area (Å²) in [4.78, 5) is 14.8. The molecule has 1 aromatic heterocycles. The monoisotopic (exact) mass is 248 g/mol. The number of nitrogens with zero attached hydrogens (tertiary/aromatic N) is 1. The summed E-state index contributed by atoms with van der Waals surface area (Å²) in [5.74, 6) is 0. The van der Waals surface area contributed by atoms with Crippen molar-refractivity contribution in [2.75, 3.05) is 10.6 Å². The third-order valence-corrected chi connectivity index (χ3v) is 2.74. The quantitative estimate of drug-likeness (QED) is 0.776. The molecule has 0 aliphatic heterocycles. The van der Waals surface area contributed by atoms with Gasteiger partial charge in [0, 0.05) is 16.8 Å². The van der Waals surface area contributed by atoms with Gasteiger partial charge in [0.2, 0.25) is 0 Å². The van der Waals surface area contributed by atoms with Crippen molar-refractivity contribution >= 4 is 28.7 Å². The summed E-state index contributed by atoms with van der Waals surface area (Å²) < 4.78 is 0. The summed E-state index contributed by atoms with van der Waals surface area (Å²) in [5, 5.41) is 7.73. The van der Waals surface area contributed by atoms with Gasteiger partial charge in [0.25, 0.3) is 0 Å². The van der Waals surface area contributed by atoms with Crippen LogP contribution in [0.4, 0.5) is 16.2 Å². The zero-order valence-electron chi connectivity index (χ0n) is 9.01. The molecule has 6 heteroatoms. The minimum absolute atomic E-state index is 0.562. The number of carbonyl (C=O) groups is 1. The first-order valence-corrected chi connectivity index (χ1v) is 5.96. The molecule has 0 radical (unpaired) electrons. The van der Waals surface area contributed by atoms with Crippen molar-refractivity contribution in [3.8, 4) is 0 Å². The van der Waals surface area contributed by atoms with E-state index in [9.17, 15) is 4.79 Å². The van der Waals surface area contributed by atoms with Gasteiger partial charge in [-0.2, -0.15) is 0 Å². The lowest BCUT2D eigenvalue weighted by atomic mass is 10.3. The first-order valence-electron chi connectivity index (χ1n) is 5.01. The number of anilines is 2. The maximum atomic E-state index is 10.6. The van der Waals surface area contributed by atoms with Gasteiger partial charge in [-0.25, -0.2) is 9.78 Å². The number of carbonyl (C=O) groups excluding carboxylic acids is 1. The molecule has 4 N–H and O–H groups in total. The van der Waals surface area contributed by atoms with Gasteiger partial charge in [-0.15, -0.1) is 11.3 Å². The molecule has 0 aliphatic carbocycles. The Kier molecular flexibility index (Phi) is 3.56. The largest absolute Gasteiger partial charge is 0.379 e. The van der Waals surface area contributed by atoms with Crippen molar-refractivity contribution in [1.29, 1.82) is 0 Å². The molecule has 0 fully saturated rings. The predicted octanol–water partition coefficient (Wildman–Crippen LogP) is 2.25. The van der Waals surface area contributed by atoms with Crippen LogP contribution >= 0.6 is 11.3 Å².